The fraction of sp³-hybridized carbons (Fsp3) is 0.375. The third kappa shape index (κ3) is 2.62. The third-order valence-electron chi connectivity index (χ3n) is 4.23. The topological polar surface area (TPSA) is 94.1 Å². The summed E-state index contributed by atoms with van der Waals surface area (Å²) in [5.74, 6) is 1.48. The monoisotopic (exact) mass is 344 g/mol. The normalized spacial score (nSPS) is 16.4. The molecule has 3 heterocycles. The van der Waals surface area contributed by atoms with Gasteiger partial charge >= 0.3 is 0 Å². The van der Waals surface area contributed by atoms with E-state index in [1.54, 1.807) is 24.6 Å². The second kappa shape index (κ2) is 5.86. The lowest BCUT2D eigenvalue weighted by molar-refractivity contribution is 0.0887. The summed E-state index contributed by atoms with van der Waals surface area (Å²) in [6.45, 7) is 1.75. The average molecular weight is 344 g/mol. The van der Waals surface area contributed by atoms with E-state index >= 15 is 0 Å². The summed E-state index contributed by atoms with van der Waals surface area (Å²) in [5, 5.41) is 9.53. The molecule has 0 spiro atoms. The zero-order valence-corrected chi connectivity index (χ0v) is 13.9. The van der Waals surface area contributed by atoms with Crippen molar-refractivity contribution in [2.45, 2.75) is 38.1 Å². The second-order valence-corrected chi connectivity index (χ2v) is 6.75. The van der Waals surface area contributed by atoms with Crippen molar-refractivity contribution < 1.29 is 13.7 Å². The molecule has 24 heavy (non-hydrogen) atoms. The van der Waals surface area contributed by atoms with Gasteiger partial charge in [-0.25, -0.2) is 4.98 Å². The van der Waals surface area contributed by atoms with E-state index in [1.807, 2.05) is 6.07 Å². The van der Waals surface area contributed by atoms with E-state index in [9.17, 15) is 4.79 Å². The summed E-state index contributed by atoms with van der Waals surface area (Å²) in [6.07, 6.45) is 5.22. The summed E-state index contributed by atoms with van der Waals surface area (Å²) < 4.78 is 10.4. The van der Waals surface area contributed by atoms with E-state index < -0.39 is 5.54 Å². The maximum Gasteiger partial charge on any atom is 0.271 e. The first-order valence-corrected chi connectivity index (χ1v) is 8.67. The van der Waals surface area contributed by atoms with Gasteiger partial charge in [-0.2, -0.15) is 4.98 Å². The smallest absolute Gasteiger partial charge is 0.271 e. The van der Waals surface area contributed by atoms with Crippen LogP contribution in [0.15, 0.2) is 32.7 Å². The number of amides is 1. The van der Waals surface area contributed by atoms with Gasteiger partial charge in [-0.15, -0.1) is 11.3 Å². The molecule has 1 amide bonds. The van der Waals surface area contributed by atoms with Gasteiger partial charge in [-0.05, 0) is 25.0 Å². The van der Waals surface area contributed by atoms with Crippen molar-refractivity contribution in [3.05, 3.63) is 41.2 Å². The minimum absolute atomic E-state index is 0.228. The molecule has 0 unspecified atom stereocenters. The molecule has 0 radical (unpaired) electrons. The Morgan fingerprint density at radius 3 is 2.83 bits per heavy atom. The lowest BCUT2D eigenvalue weighted by Gasteiger charge is -2.26. The molecule has 8 heteroatoms. The molecule has 0 bridgehead atoms. The summed E-state index contributed by atoms with van der Waals surface area (Å²) >= 11 is 1.38. The van der Waals surface area contributed by atoms with Gasteiger partial charge in [0.25, 0.3) is 5.91 Å². The van der Waals surface area contributed by atoms with Crippen molar-refractivity contribution in [2.24, 2.45) is 0 Å². The number of aryl methyl sites for hydroxylation is 1. The van der Waals surface area contributed by atoms with E-state index in [-0.39, 0.29) is 5.91 Å². The summed E-state index contributed by atoms with van der Waals surface area (Å²) in [7, 11) is 0. The highest BCUT2D eigenvalue weighted by Crippen LogP contribution is 2.37. The lowest BCUT2D eigenvalue weighted by Crippen LogP contribution is -2.44. The number of nitrogens with zero attached hydrogens (tertiary/aromatic N) is 3. The first-order valence-electron chi connectivity index (χ1n) is 7.79. The largest absolute Gasteiger partial charge is 0.462 e. The van der Waals surface area contributed by atoms with E-state index in [4.69, 9.17) is 8.94 Å². The van der Waals surface area contributed by atoms with Crippen LogP contribution in [-0.4, -0.2) is 21.0 Å². The second-order valence-electron chi connectivity index (χ2n) is 5.90. The Morgan fingerprint density at radius 1 is 1.33 bits per heavy atom. The number of carbonyl (C=O) groups is 1. The molecule has 1 saturated carbocycles. The molecule has 4 rings (SSSR count). The number of hydrogen-bond acceptors (Lipinski definition) is 7. The predicted molar refractivity (Wildman–Crippen MR) is 86.5 cm³/mol. The summed E-state index contributed by atoms with van der Waals surface area (Å²) in [5.41, 5.74) is -0.193. The number of carbonyl (C=O) groups excluding carboxylic acids is 1. The van der Waals surface area contributed by atoms with Crippen LogP contribution in [0.4, 0.5) is 0 Å². The van der Waals surface area contributed by atoms with Crippen LogP contribution in [-0.2, 0) is 5.54 Å². The Labute approximate surface area is 142 Å². The van der Waals surface area contributed by atoms with Crippen LogP contribution in [0.3, 0.4) is 0 Å². The predicted octanol–water partition coefficient (Wildman–Crippen LogP) is 3.29. The fourth-order valence-electron chi connectivity index (χ4n) is 3.05. The van der Waals surface area contributed by atoms with Gasteiger partial charge < -0.3 is 14.3 Å². The molecule has 7 nitrogen and oxygen atoms in total. The number of furan rings is 1. The van der Waals surface area contributed by atoms with Gasteiger partial charge in [0.2, 0.25) is 5.89 Å². The zero-order valence-electron chi connectivity index (χ0n) is 13.1. The maximum atomic E-state index is 12.7. The van der Waals surface area contributed by atoms with Gasteiger partial charge in [0.1, 0.15) is 11.2 Å². The Morgan fingerprint density at radius 2 is 2.17 bits per heavy atom. The number of aromatic nitrogens is 3. The molecule has 3 aromatic rings. The van der Waals surface area contributed by atoms with Crippen molar-refractivity contribution in [2.75, 3.05) is 0 Å². The Bertz CT molecular complexity index is 846. The molecule has 3 aromatic heterocycles. The Balaban J connectivity index is 1.58. The van der Waals surface area contributed by atoms with E-state index in [1.165, 1.54) is 11.3 Å². The van der Waals surface area contributed by atoms with Crippen LogP contribution in [0.1, 0.15) is 47.9 Å². The highest BCUT2D eigenvalue weighted by Gasteiger charge is 2.41. The molecule has 0 atom stereocenters. The molecule has 124 valence electrons. The standard InChI is InChI=1S/C16H16N4O3S/c1-10-17-15(20-23-10)16(6-2-3-7-16)19-13(21)11-9-24-14(18-11)12-5-4-8-22-12/h4-5,8-9H,2-3,6-7H2,1H3,(H,19,21). The van der Waals surface area contributed by atoms with Gasteiger partial charge in [0.15, 0.2) is 16.6 Å². The fourth-order valence-corrected chi connectivity index (χ4v) is 3.82. The van der Waals surface area contributed by atoms with E-state index in [0.29, 0.717) is 28.2 Å². The minimum Gasteiger partial charge on any atom is -0.462 e. The van der Waals surface area contributed by atoms with Crippen molar-refractivity contribution in [1.82, 2.24) is 20.4 Å². The molecule has 1 fully saturated rings. The molecular formula is C16H16N4O3S. The van der Waals surface area contributed by atoms with Gasteiger partial charge in [-0.1, -0.05) is 18.0 Å². The number of rotatable bonds is 4. The van der Waals surface area contributed by atoms with Crippen molar-refractivity contribution in [3.63, 3.8) is 0 Å². The zero-order chi connectivity index (χ0) is 16.6. The quantitative estimate of drug-likeness (QED) is 0.780. The van der Waals surface area contributed by atoms with Crippen LogP contribution in [0.2, 0.25) is 0 Å². The highest BCUT2D eigenvalue weighted by atomic mass is 32.1. The molecule has 1 aliphatic carbocycles. The van der Waals surface area contributed by atoms with Crippen LogP contribution >= 0.6 is 11.3 Å². The first kappa shape index (κ1) is 15.1. The molecule has 1 N–H and O–H groups in total. The molecule has 1 aliphatic rings. The lowest BCUT2D eigenvalue weighted by atomic mass is 9.96. The third-order valence-corrected chi connectivity index (χ3v) is 5.09. The van der Waals surface area contributed by atoms with E-state index in [2.05, 4.69) is 20.4 Å². The molecule has 0 aliphatic heterocycles. The number of hydrogen-bond donors (Lipinski definition) is 1. The summed E-state index contributed by atoms with van der Waals surface area (Å²) in [4.78, 5) is 21.4. The number of nitrogens with one attached hydrogen (secondary N) is 1. The first-order chi connectivity index (χ1) is 11.7. The molecule has 0 aromatic carbocycles. The van der Waals surface area contributed by atoms with Crippen LogP contribution in [0.5, 0.6) is 0 Å². The highest BCUT2D eigenvalue weighted by molar-refractivity contribution is 7.13. The minimum atomic E-state index is -0.566. The van der Waals surface area contributed by atoms with Crippen molar-refractivity contribution >= 4 is 17.2 Å². The van der Waals surface area contributed by atoms with Crippen LogP contribution in [0, 0.1) is 6.92 Å². The summed E-state index contributed by atoms with van der Waals surface area (Å²) in [6, 6.07) is 3.61. The van der Waals surface area contributed by atoms with E-state index in [0.717, 1.165) is 25.7 Å². The maximum absolute atomic E-state index is 12.7. The Kier molecular flexibility index (Phi) is 3.68. The molecule has 0 saturated heterocycles. The molecular weight excluding hydrogens is 328 g/mol. The van der Waals surface area contributed by atoms with Crippen LogP contribution in [0.25, 0.3) is 10.8 Å². The number of thiazole rings is 1. The van der Waals surface area contributed by atoms with Gasteiger partial charge in [0.05, 0.1) is 6.26 Å². The van der Waals surface area contributed by atoms with Gasteiger partial charge in [0, 0.05) is 12.3 Å². The van der Waals surface area contributed by atoms with Gasteiger partial charge in [-0.3, -0.25) is 4.79 Å². The van der Waals surface area contributed by atoms with Crippen LogP contribution < -0.4 is 5.32 Å². The Hall–Kier alpha value is -2.48. The average Bonchev–Trinajstić information content (AvgIpc) is 3.34. The SMILES string of the molecule is Cc1nc(C2(NC(=O)c3csc(-c4ccco4)n3)CCCC2)no1. The van der Waals surface area contributed by atoms with Crippen molar-refractivity contribution in [1.29, 1.82) is 0 Å². The van der Waals surface area contributed by atoms with Crippen molar-refractivity contribution in [3.8, 4) is 10.8 Å².